The molecule has 0 unspecified atom stereocenters. The van der Waals surface area contributed by atoms with Crippen LogP contribution in [0.25, 0.3) is 5.76 Å². The number of hydrogen-bond acceptors (Lipinski definition) is 6. The molecule has 3 heterocycles. The highest BCUT2D eigenvalue weighted by Crippen LogP contribution is 2.39. The number of carbonyl (C=O) groups is 2. The van der Waals surface area contributed by atoms with Crippen LogP contribution >= 0.6 is 0 Å². The molecule has 1 saturated heterocycles. The number of rotatable bonds is 7. The first-order valence-corrected chi connectivity index (χ1v) is 9.52. The Morgan fingerprint density at radius 1 is 1.23 bits per heavy atom. The second-order valence-corrected chi connectivity index (χ2v) is 6.89. The summed E-state index contributed by atoms with van der Waals surface area (Å²) in [5.41, 5.74) is 0.396. The van der Waals surface area contributed by atoms with Gasteiger partial charge in [-0.15, -0.1) is 0 Å². The van der Waals surface area contributed by atoms with Gasteiger partial charge in [-0.25, -0.2) is 4.98 Å². The van der Waals surface area contributed by atoms with Gasteiger partial charge in [0.1, 0.15) is 23.3 Å². The Morgan fingerprint density at radius 2 is 2.10 bits per heavy atom. The molecule has 8 nitrogen and oxygen atoms in total. The summed E-state index contributed by atoms with van der Waals surface area (Å²) in [5, 5.41) is 11.0. The lowest BCUT2D eigenvalue weighted by molar-refractivity contribution is -0.140. The van der Waals surface area contributed by atoms with E-state index in [0.29, 0.717) is 36.6 Å². The third-order valence-corrected chi connectivity index (χ3v) is 5.07. The number of methoxy groups -OCH3 is 1. The van der Waals surface area contributed by atoms with Crippen molar-refractivity contribution in [3.05, 3.63) is 78.3 Å². The fourth-order valence-electron chi connectivity index (χ4n) is 3.62. The standard InChI is InChI=1S/C22H21N3O5/c1-29-16-6-2-5-15(13-16)20(26)18-19(17-7-3-12-30-17)25(22(28)21(18)27)10-4-9-24-11-8-23-14-24/h2-3,5-8,11-14,19,26H,4,9-10H2,1H3/t19-/m1/s1. The molecule has 4 rings (SSSR count). The molecular weight excluding hydrogens is 386 g/mol. The number of ketones is 1. The van der Waals surface area contributed by atoms with E-state index in [4.69, 9.17) is 9.15 Å². The first-order chi connectivity index (χ1) is 14.6. The Bertz CT molecular complexity index is 1070. The van der Waals surface area contributed by atoms with Crippen molar-refractivity contribution in [3.63, 3.8) is 0 Å². The highest BCUT2D eigenvalue weighted by Gasteiger charge is 2.47. The first kappa shape index (κ1) is 19.5. The smallest absolute Gasteiger partial charge is 0.295 e. The Labute approximate surface area is 173 Å². The van der Waals surface area contributed by atoms with Gasteiger partial charge in [-0.3, -0.25) is 9.59 Å². The average Bonchev–Trinajstić information content (AvgIpc) is 3.52. The molecule has 1 aliphatic heterocycles. The van der Waals surface area contributed by atoms with Crippen LogP contribution in [0.1, 0.15) is 23.8 Å². The molecule has 1 aliphatic rings. The van der Waals surface area contributed by atoms with Crippen molar-refractivity contribution in [2.24, 2.45) is 0 Å². The van der Waals surface area contributed by atoms with E-state index in [1.54, 1.807) is 48.9 Å². The fourth-order valence-corrected chi connectivity index (χ4v) is 3.62. The third kappa shape index (κ3) is 3.59. The maximum atomic E-state index is 12.9. The van der Waals surface area contributed by atoms with E-state index in [1.807, 2.05) is 10.8 Å². The topological polar surface area (TPSA) is 97.8 Å². The molecule has 0 bridgehead atoms. The van der Waals surface area contributed by atoms with Gasteiger partial charge in [-0.1, -0.05) is 12.1 Å². The first-order valence-electron chi connectivity index (χ1n) is 9.52. The summed E-state index contributed by atoms with van der Waals surface area (Å²) in [7, 11) is 1.52. The van der Waals surface area contributed by atoms with Crippen molar-refractivity contribution in [1.29, 1.82) is 0 Å². The largest absolute Gasteiger partial charge is 0.507 e. The number of aromatic nitrogens is 2. The molecular formula is C22H21N3O5. The summed E-state index contributed by atoms with van der Waals surface area (Å²) in [4.78, 5) is 31.2. The summed E-state index contributed by atoms with van der Waals surface area (Å²) in [6.45, 7) is 0.965. The molecule has 3 aromatic rings. The molecule has 8 heteroatoms. The molecule has 1 fully saturated rings. The Kier molecular flexibility index (Phi) is 5.38. The highest BCUT2D eigenvalue weighted by molar-refractivity contribution is 6.46. The molecule has 0 spiro atoms. The van der Waals surface area contributed by atoms with Gasteiger partial charge in [-0.05, 0) is 30.7 Å². The molecule has 1 amide bonds. The second-order valence-electron chi connectivity index (χ2n) is 6.89. The number of Topliss-reactive ketones (excluding diaryl/α,β-unsaturated/α-hetero) is 1. The predicted octanol–water partition coefficient (Wildman–Crippen LogP) is 3.00. The SMILES string of the molecule is COc1cccc(C(O)=C2C(=O)C(=O)N(CCCn3ccnc3)[C@@H]2c2ccco2)c1. The molecule has 154 valence electrons. The summed E-state index contributed by atoms with van der Waals surface area (Å²) >= 11 is 0. The van der Waals surface area contributed by atoms with E-state index in [0.717, 1.165) is 0 Å². The molecule has 1 aromatic carbocycles. The van der Waals surface area contributed by atoms with Crippen molar-refractivity contribution in [3.8, 4) is 5.75 Å². The zero-order valence-corrected chi connectivity index (χ0v) is 16.4. The van der Waals surface area contributed by atoms with E-state index < -0.39 is 17.7 Å². The zero-order chi connectivity index (χ0) is 21.1. The summed E-state index contributed by atoms with van der Waals surface area (Å²) in [5.74, 6) is -0.707. The van der Waals surface area contributed by atoms with Crippen LogP contribution in [-0.4, -0.2) is 44.9 Å². The maximum Gasteiger partial charge on any atom is 0.295 e. The van der Waals surface area contributed by atoms with Crippen molar-refractivity contribution < 1.29 is 23.8 Å². The van der Waals surface area contributed by atoms with Crippen LogP contribution in [0.2, 0.25) is 0 Å². The molecule has 0 aliphatic carbocycles. The number of aliphatic hydroxyl groups excluding tert-OH is 1. The minimum atomic E-state index is -0.797. The molecule has 0 radical (unpaired) electrons. The van der Waals surface area contributed by atoms with Gasteiger partial charge in [0.2, 0.25) is 0 Å². The fraction of sp³-hybridized carbons (Fsp3) is 0.227. The number of nitrogens with zero attached hydrogens (tertiary/aromatic N) is 3. The lowest BCUT2D eigenvalue weighted by atomic mass is 9.99. The monoisotopic (exact) mass is 407 g/mol. The zero-order valence-electron chi connectivity index (χ0n) is 16.4. The van der Waals surface area contributed by atoms with E-state index in [-0.39, 0.29) is 11.3 Å². The molecule has 2 aromatic heterocycles. The maximum absolute atomic E-state index is 12.9. The van der Waals surface area contributed by atoms with Crippen LogP contribution in [-0.2, 0) is 16.1 Å². The normalized spacial score (nSPS) is 18.2. The van der Waals surface area contributed by atoms with Gasteiger partial charge in [0.05, 0.1) is 25.3 Å². The molecule has 1 atom stereocenters. The van der Waals surface area contributed by atoms with Crippen molar-refractivity contribution >= 4 is 17.4 Å². The van der Waals surface area contributed by atoms with Gasteiger partial charge in [0, 0.05) is 31.0 Å². The Balaban J connectivity index is 1.69. The second kappa shape index (κ2) is 8.28. The molecule has 30 heavy (non-hydrogen) atoms. The van der Waals surface area contributed by atoms with E-state index >= 15 is 0 Å². The van der Waals surface area contributed by atoms with Gasteiger partial charge < -0.3 is 23.7 Å². The number of aryl methyl sites for hydroxylation is 1. The summed E-state index contributed by atoms with van der Waals surface area (Å²) < 4.78 is 12.6. The lowest BCUT2D eigenvalue weighted by Crippen LogP contribution is -2.31. The lowest BCUT2D eigenvalue weighted by Gasteiger charge is -2.23. The molecule has 0 saturated carbocycles. The highest BCUT2D eigenvalue weighted by atomic mass is 16.5. The number of aliphatic hydroxyl groups is 1. The predicted molar refractivity (Wildman–Crippen MR) is 108 cm³/mol. The van der Waals surface area contributed by atoms with Crippen molar-refractivity contribution in [1.82, 2.24) is 14.5 Å². The number of furan rings is 1. The van der Waals surface area contributed by atoms with Crippen LogP contribution in [0.4, 0.5) is 0 Å². The number of likely N-dealkylation sites (tertiary alicyclic amines) is 1. The minimum absolute atomic E-state index is 0.00540. The third-order valence-electron chi connectivity index (χ3n) is 5.07. The minimum Gasteiger partial charge on any atom is -0.507 e. The van der Waals surface area contributed by atoms with Gasteiger partial charge in [-0.2, -0.15) is 0 Å². The van der Waals surface area contributed by atoms with Crippen molar-refractivity contribution in [2.45, 2.75) is 19.0 Å². The van der Waals surface area contributed by atoms with Gasteiger partial charge >= 0.3 is 0 Å². The number of imidazole rings is 1. The van der Waals surface area contributed by atoms with E-state index in [9.17, 15) is 14.7 Å². The summed E-state index contributed by atoms with van der Waals surface area (Å²) in [6.07, 6.45) is 7.30. The Hall–Kier alpha value is -3.81. The van der Waals surface area contributed by atoms with Crippen LogP contribution in [0, 0.1) is 0 Å². The number of ether oxygens (including phenoxy) is 1. The summed E-state index contributed by atoms with van der Waals surface area (Å²) in [6, 6.07) is 9.29. The number of benzene rings is 1. The van der Waals surface area contributed by atoms with Crippen molar-refractivity contribution in [2.75, 3.05) is 13.7 Å². The average molecular weight is 407 g/mol. The Morgan fingerprint density at radius 3 is 2.80 bits per heavy atom. The van der Waals surface area contributed by atoms with E-state index in [1.165, 1.54) is 18.3 Å². The van der Waals surface area contributed by atoms with Gasteiger partial charge in [0.25, 0.3) is 11.7 Å². The number of carbonyl (C=O) groups excluding carboxylic acids is 2. The molecule has 1 N–H and O–H groups in total. The number of hydrogen-bond donors (Lipinski definition) is 1. The number of amides is 1. The van der Waals surface area contributed by atoms with Gasteiger partial charge in [0.15, 0.2) is 0 Å². The quantitative estimate of drug-likeness (QED) is 0.367. The van der Waals surface area contributed by atoms with Crippen LogP contribution in [0.15, 0.2) is 71.4 Å². The van der Waals surface area contributed by atoms with Crippen LogP contribution in [0.3, 0.4) is 0 Å². The van der Waals surface area contributed by atoms with Crippen LogP contribution < -0.4 is 4.74 Å². The van der Waals surface area contributed by atoms with Crippen LogP contribution in [0.5, 0.6) is 5.75 Å². The van der Waals surface area contributed by atoms with E-state index in [2.05, 4.69) is 4.98 Å².